The van der Waals surface area contributed by atoms with E-state index in [1.807, 2.05) is 0 Å². The summed E-state index contributed by atoms with van der Waals surface area (Å²) >= 11 is 0. The lowest BCUT2D eigenvalue weighted by molar-refractivity contribution is 0.00705. The van der Waals surface area contributed by atoms with Crippen molar-refractivity contribution in [2.45, 2.75) is 31.8 Å². The highest BCUT2D eigenvalue weighted by atomic mass is 19.1. The van der Waals surface area contributed by atoms with E-state index in [2.05, 4.69) is 5.10 Å². The first-order valence-corrected chi connectivity index (χ1v) is 8.71. The zero-order valence-corrected chi connectivity index (χ0v) is 14.7. The molecular weight excluding hydrogens is 321 g/mol. The van der Waals surface area contributed by atoms with Gasteiger partial charge in [-0.3, -0.25) is 9.48 Å². The summed E-state index contributed by atoms with van der Waals surface area (Å²) in [5.41, 5.74) is 2.01. The fourth-order valence-corrected chi connectivity index (χ4v) is 3.13. The molecule has 5 nitrogen and oxygen atoms in total. The number of aryl methyl sites for hydroxylation is 1. The lowest BCUT2D eigenvalue weighted by Crippen LogP contribution is -2.31. The van der Waals surface area contributed by atoms with Crippen molar-refractivity contribution in [3.05, 3.63) is 41.8 Å². The van der Waals surface area contributed by atoms with Gasteiger partial charge in [0, 0.05) is 27.2 Å². The molecule has 25 heavy (non-hydrogen) atoms. The highest BCUT2D eigenvalue weighted by Crippen LogP contribution is 2.21. The number of aromatic nitrogens is 2. The van der Waals surface area contributed by atoms with E-state index < -0.39 is 0 Å². The van der Waals surface area contributed by atoms with Crippen LogP contribution < -0.4 is 0 Å². The van der Waals surface area contributed by atoms with Gasteiger partial charge in [0.2, 0.25) is 0 Å². The summed E-state index contributed by atoms with van der Waals surface area (Å²) in [6.07, 6.45) is 4.50. The second-order valence-electron chi connectivity index (χ2n) is 6.55. The summed E-state index contributed by atoms with van der Waals surface area (Å²) in [7, 11) is 3.57. The van der Waals surface area contributed by atoms with Crippen molar-refractivity contribution < 1.29 is 13.9 Å². The van der Waals surface area contributed by atoms with Gasteiger partial charge >= 0.3 is 0 Å². The number of benzene rings is 1. The molecule has 0 saturated carbocycles. The number of carbonyl (C=O) groups excluding carboxylic acids is 1. The predicted octanol–water partition coefficient (Wildman–Crippen LogP) is 3.26. The van der Waals surface area contributed by atoms with E-state index in [1.165, 1.54) is 18.6 Å². The average molecular weight is 345 g/mol. The molecule has 0 aliphatic carbocycles. The molecule has 6 heteroatoms. The number of nitrogens with zero attached hydrogens (tertiary/aromatic N) is 3. The molecule has 1 saturated heterocycles. The Balaban J connectivity index is 1.65. The van der Waals surface area contributed by atoms with E-state index in [0.29, 0.717) is 12.2 Å². The van der Waals surface area contributed by atoms with Crippen LogP contribution in [-0.2, 0) is 11.8 Å². The van der Waals surface area contributed by atoms with E-state index in [1.54, 1.807) is 41.9 Å². The van der Waals surface area contributed by atoms with Gasteiger partial charge < -0.3 is 9.64 Å². The maximum Gasteiger partial charge on any atom is 0.274 e. The summed E-state index contributed by atoms with van der Waals surface area (Å²) in [4.78, 5) is 14.3. The van der Waals surface area contributed by atoms with Crippen LogP contribution in [0.3, 0.4) is 0 Å². The van der Waals surface area contributed by atoms with Crippen molar-refractivity contribution in [3.8, 4) is 11.3 Å². The minimum Gasteiger partial charge on any atom is -0.378 e. The molecule has 1 aliphatic rings. The maximum absolute atomic E-state index is 13.1. The van der Waals surface area contributed by atoms with Gasteiger partial charge in [-0.1, -0.05) is 0 Å². The molecule has 0 N–H and O–H groups in total. The summed E-state index contributed by atoms with van der Waals surface area (Å²) in [6.45, 7) is 1.47. The van der Waals surface area contributed by atoms with Crippen molar-refractivity contribution in [1.29, 1.82) is 0 Å². The molecule has 3 rings (SSSR count). The first kappa shape index (κ1) is 17.6. The molecule has 1 unspecified atom stereocenters. The summed E-state index contributed by atoms with van der Waals surface area (Å²) in [5.74, 6) is -0.397. The van der Waals surface area contributed by atoms with Crippen molar-refractivity contribution in [1.82, 2.24) is 14.7 Å². The van der Waals surface area contributed by atoms with Gasteiger partial charge in [0.1, 0.15) is 5.82 Å². The Morgan fingerprint density at radius 1 is 1.36 bits per heavy atom. The molecule has 1 aromatic carbocycles. The van der Waals surface area contributed by atoms with Gasteiger partial charge in [-0.15, -0.1) is 0 Å². The Labute approximate surface area is 147 Å². The van der Waals surface area contributed by atoms with Gasteiger partial charge in [-0.05, 0) is 61.6 Å². The minimum absolute atomic E-state index is 0.111. The number of amides is 1. The van der Waals surface area contributed by atoms with Crippen LogP contribution in [-0.4, -0.2) is 46.9 Å². The van der Waals surface area contributed by atoms with Crippen molar-refractivity contribution in [2.75, 3.05) is 20.2 Å². The third kappa shape index (κ3) is 4.25. The van der Waals surface area contributed by atoms with E-state index in [9.17, 15) is 9.18 Å². The van der Waals surface area contributed by atoms with Crippen molar-refractivity contribution in [2.24, 2.45) is 7.05 Å². The molecule has 1 aliphatic heterocycles. The van der Waals surface area contributed by atoms with E-state index in [0.717, 1.165) is 37.1 Å². The normalized spacial score (nSPS) is 17.5. The number of rotatable bonds is 5. The van der Waals surface area contributed by atoms with Crippen LogP contribution in [0.15, 0.2) is 30.3 Å². The topological polar surface area (TPSA) is 47.4 Å². The highest BCUT2D eigenvalue weighted by Gasteiger charge is 2.20. The Morgan fingerprint density at radius 3 is 2.80 bits per heavy atom. The summed E-state index contributed by atoms with van der Waals surface area (Å²) in [6, 6.07) is 7.93. The number of hydrogen-bond acceptors (Lipinski definition) is 3. The molecule has 0 spiro atoms. The molecule has 1 atom stereocenters. The van der Waals surface area contributed by atoms with Crippen molar-refractivity contribution in [3.63, 3.8) is 0 Å². The standard InChI is InChI=1S/C19H24FN3O2/c1-22(11-10-16-5-3-4-12-25-16)19(24)17-13-18(23(2)21-17)14-6-8-15(20)9-7-14/h6-9,13,16H,3-5,10-12H2,1-2H3. The second kappa shape index (κ2) is 7.78. The lowest BCUT2D eigenvalue weighted by atomic mass is 10.1. The Bertz CT molecular complexity index is 721. The molecule has 2 heterocycles. The zero-order chi connectivity index (χ0) is 17.8. The van der Waals surface area contributed by atoms with E-state index >= 15 is 0 Å². The average Bonchev–Trinajstić information content (AvgIpc) is 3.02. The van der Waals surface area contributed by atoms with Crippen LogP contribution >= 0.6 is 0 Å². The molecule has 1 aromatic heterocycles. The molecule has 2 aromatic rings. The lowest BCUT2D eigenvalue weighted by Gasteiger charge is -2.25. The zero-order valence-electron chi connectivity index (χ0n) is 14.7. The Morgan fingerprint density at radius 2 is 2.12 bits per heavy atom. The van der Waals surface area contributed by atoms with Gasteiger partial charge in [0.15, 0.2) is 5.69 Å². The fraction of sp³-hybridized carbons (Fsp3) is 0.474. The van der Waals surface area contributed by atoms with E-state index in [4.69, 9.17) is 4.74 Å². The van der Waals surface area contributed by atoms with Crippen LogP contribution in [0.4, 0.5) is 4.39 Å². The van der Waals surface area contributed by atoms with Crippen LogP contribution in [0.5, 0.6) is 0 Å². The largest absolute Gasteiger partial charge is 0.378 e. The van der Waals surface area contributed by atoms with Crippen LogP contribution in [0, 0.1) is 5.82 Å². The molecule has 1 fully saturated rings. The smallest absolute Gasteiger partial charge is 0.274 e. The van der Waals surface area contributed by atoms with E-state index in [-0.39, 0.29) is 17.8 Å². The molecule has 0 bridgehead atoms. The fourth-order valence-electron chi connectivity index (χ4n) is 3.13. The SMILES string of the molecule is CN(CCC1CCCCO1)C(=O)c1cc(-c2ccc(F)cc2)n(C)n1. The monoisotopic (exact) mass is 345 g/mol. The molecule has 1 amide bonds. The summed E-state index contributed by atoms with van der Waals surface area (Å²) in [5, 5.41) is 4.33. The van der Waals surface area contributed by atoms with Gasteiger partial charge in [0.25, 0.3) is 5.91 Å². The van der Waals surface area contributed by atoms with Crippen LogP contribution in [0.2, 0.25) is 0 Å². The maximum atomic E-state index is 13.1. The number of ether oxygens (including phenoxy) is 1. The quantitative estimate of drug-likeness (QED) is 0.836. The minimum atomic E-state index is -0.285. The highest BCUT2D eigenvalue weighted by molar-refractivity contribution is 5.93. The molecule has 134 valence electrons. The molecular formula is C19H24FN3O2. The summed E-state index contributed by atoms with van der Waals surface area (Å²) < 4.78 is 20.5. The van der Waals surface area contributed by atoms with Crippen LogP contribution in [0.25, 0.3) is 11.3 Å². The van der Waals surface area contributed by atoms with Crippen molar-refractivity contribution >= 4 is 5.91 Å². The third-order valence-corrected chi connectivity index (χ3v) is 4.65. The first-order valence-electron chi connectivity index (χ1n) is 8.71. The first-order chi connectivity index (χ1) is 12.0. The second-order valence-corrected chi connectivity index (χ2v) is 6.55. The number of hydrogen-bond donors (Lipinski definition) is 0. The third-order valence-electron chi connectivity index (χ3n) is 4.65. The van der Waals surface area contributed by atoms with Gasteiger partial charge in [0.05, 0.1) is 11.8 Å². The number of halogens is 1. The van der Waals surface area contributed by atoms with Gasteiger partial charge in [-0.2, -0.15) is 5.10 Å². The Kier molecular flexibility index (Phi) is 5.48. The Hall–Kier alpha value is -2.21. The number of carbonyl (C=O) groups is 1. The van der Waals surface area contributed by atoms with Gasteiger partial charge in [-0.25, -0.2) is 4.39 Å². The molecule has 0 radical (unpaired) electrons. The predicted molar refractivity (Wildman–Crippen MR) is 93.8 cm³/mol. The van der Waals surface area contributed by atoms with Crippen LogP contribution in [0.1, 0.15) is 36.2 Å².